The highest BCUT2D eigenvalue weighted by Crippen LogP contribution is 2.28. The average molecular weight is 281 g/mol. The number of nitrogens with zero attached hydrogens (tertiary/aromatic N) is 1. The first-order valence-electron chi connectivity index (χ1n) is 6.41. The third-order valence-electron chi connectivity index (χ3n) is 2.64. The first kappa shape index (κ1) is 15.7. The molecule has 7 nitrogen and oxygen atoms in total. The highest BCUT2D eigenvalue weighted by Gasteiger charge is 2.14. The minimum atomic E-state index is -0.484. The standard InChI is InChI=1S/C13H19N3O4/c1-3-7-15-13(17)6-8-14-11-5-4-10(20-2)9-12(11)16(18)19/h4-5,9,14H,3,6-8H2,1-2H3,(H,15,17). The van der Waals surface area contributed by atoms with Gasteiger partial charge in [-0.05, 0) is 18.6 Å². The second kappa shape index (κ2) is 7.98. The van der Waals surface area contributed by atoms with Gasteiger partial charge < -0.3 is 15.4 Å². The summed E-state index contributed by atoms with van der Waals surface area (Å²) in [7, 11) is 1.45. The zero-order valence-corrected chi connectivity index (χ0v) is 11.6. The molecule has 0 saturated heterocycles. The topological polar surface area (TPSA) is 93.5 Å². The SMILES string of the molecule is CCCNC(=O)CCNc1ccc(OC)cc1[N+](=O)[O-]. The number of hydrogen-bond donors (Lipinski definition) is 2. The smallest absolute Gasteiger partial charge is 0.296 e. The molecule has 0 heterocycles. The summed E-state index contributed by atoms with van der Waals surface area (Å²) in [5, 5.41) is 16.6. The van der Waals surface area contributed by atoms with Gasteiger partial charge in [-0.25, -0.2) is 0 Å². The fraction of sp³-hybridized carbons (Fsp3) is 0.462. The summed E-state index contributed by atoms with van der Waals surface area (Å²) in [6.45, 7) is 2.95. The van der Waals surface area contributed by atoms with Gasteiger partial charge in [0.2, 0.25) is 5.91 Å². The van der Waals surface area contributed by atoms with Gasteiger partial charge in [-0.15, -0.1) is 0 Å². The van der Waals surface area contributed by atoms with E-state index in [1.807, 2.05) is 6.92 Å². The largest absolute Gasteiger partial charge is 0.496 e. The fourth-order valence-electron chi connectivity index (χ4n) is 1.60. The molecule has 1 aromatic rings. The summed E-state index contributed by atoms with van der Waals surface area (Å²) in [5.74, 6) is 0.346. The maximum absolute atomic E-state index is 11.4. The lowest BCUT2D eigenvalue weighted by atomic mass is 10.2. The normalized spacial score (nSPS) is 9.90. The van der Waals surface area contributed by atoms with Crippen molar-refractivity contribution in [3.8, 4) is 5.75 Å². The van der Waals surface area contributed by atoms with E-state index in [1.165, 1.54) is 13.2 Å². The molecule has 0 saturated carbocycles. The van der Waals surface area contributed by atoms with Gasteiger partial charge in [-0.3, -0.25) is 14.9 Å². The lowest BCUT2D eigenvalue weighted by Gasteiger charge is -2.08. The molecule has 0 aliphatic heterocycles. The molecule has 0 aromatic heterocycles. The predicted molar refractivity (Wildman–Crippen MR) is 76.1 cm³/mol. The Morgan fingerprint density at radius 3 is 2.75 bits per heavy atom. The van der Waals surface area contributed by atoms with Crippen molar-refractivity contribution in [2.24, 2.45) is 0 Å². The van der Waals surface area contributed by atoms with Crippen LogP contribution in [0.3, 0.4) is 0 Å². The molecule has 0 unspecified atom stereocenters. The number of rotatable bonds is 8. The molecular weight excluding hydrogens is 262 g/mol. The summed E-state index contributed by atoms with van der Waals surface area (Å²) in [5.41, 5.74) is 0.303. The molecule has 0 aliphatic rings. The molecule has 20 heavy (non-hydrogen) atoms. The van der Waals surface area contributed by atoms with Crippen LogP contribution in [0, 0.1) is 10.1 Å². The number of nitro groups is 1. The number of anilines is 1. The van der Waals surface area contributed by atoms with Gasteiger partial charge in [-0.2, -0.15) is 0 Å². The Bertz CT molecular complexity index is 477. The monoisotopic (exact) mass is 281 g/mol. The van der Waals surface area contributed by atoms with Gasteiger partial charge >= 0.3 is 0 Å². The molecule has 0 radical (unpaired) electrons. The molecule has 0 aliphatic carbocycles. The Hall–Kier alpha value is -2.31. The number of amides is 1. The second-order valence-electron chi connectivity index (χ2n) is 4.17. The number of hydrogen-bond acceptors (Lipinski definition) is 5. The van der Waals surface area contributed by atoms with E-state index in [0.717, 1.165) is 6.42 Å². The van der Waals surface area contributed by atoms with E-state index < -0.39 is 4.92 Å². The lowest BCUT2D eigenvalue weighted by Crippen LogP contribution is -2.25. The Kier molecular flexibility index (Phi) is 6.28. The minimum Gasteiger partial charge on any atom is -0.496 e. The molecule has 1 amide bonds. The highest BCUT2D eigenvalue weighted by molar-refractivity contribution is 5.76. The second-order valence-corrected chi connectivity index (χ2v) is 4.17. The predicted octanol–water partition coefficient (Wildman–Crippen LogP) is 1.93. The van der Waals surface area contributed by atoms with Crippen molar-refractivity contribution in [1.29, 1.82) is 0 Å². The van der Waals surface area contributed by atoms with Gasteiger partial charge in [0.1, 0.15) is 11.4 Å². The first-order chi connectivity index (χ1) is 9.58. The van der Waals surface area contributed by atoms with Crippen LogP contribution >= 0.6 is 0 Å². The number of nitrogens with one attached hydrogen (secondary N) is 2. The minimum absolute atomic E-state index is 0.0710. The summed E-state index contributed by atoms with van der Waals surface area (Å²) in [6.07, 6.45) is 1.15. The zero-order valence-electron chi connectivity index (χ0n) is 11.6. The molecule has 0 spiro atoms. The zero-order chi connectivity index (χ0) is 15.0. The molecule has 2 N–H and O–H groups in total. The molecule has 0 atom stereocenters. The van der Waals surface area contributed by atoms with Crippen molar-refractivity contribution in [3.63, 3.8) is 0 Å². The lowest BCUT2D eigenvalue weighted by molar-refractivity contribution is -0.384. The number of carbonyl (C=O) groups excluding carboxylic acids is 1. The van der Waals surface area contributed by atoms with Gasteiger partial charge in [0.15, 0.2) is 0 Å². The van der Waals surface area contributed by atoms with Crippen LogP contribution in [0.25, 0.3) is 0 Å². The molecular formula is C13H19N3O4. The maximum atomic E-state index is 11.4. The number of benzene rings is 1. The first-order valence-corrected chi connectivity index (χ1v) is 6.41. The number of nitro benzene ring substituents is 1. The van der Waals surface area contributed by atoms with Crippen LogP contribution in [0.2, 0.25) is 0 Å². The molecule has 110 valence electrons. The van der Waals surface area contributed by atoms with Crippen LogP contribution in [0.15, 0.2) is 18.2 Å². The maximum Gasteiger partial charge on any atom is 0.296 e. The third-order valence-corrected chi connectivity index (χ3v) is 2.64. The Morgan fingerprint density at radius 1 is 1.40 bits per heavy atom. The van der Waals surface area contributed by atoms with E-state index in [9.17, 15) is 14.9 Å². The van der Waals surface area contributed by atoms with Gasteiger partial charge in [-0.1, -0.05) is 6.92 Å². The van der Waals surface area contributed by atoms with E-state index in [2.05, 4.69) is 10.6 Å². The van der Waals surface area contributed by atoms with Crippen molar-refractivity contribution in [3.05, 3.63) is 28.3 Å². The Morgan fingerprint density at radius 2 is 2.15 bits per heavy atom. The molecule has 0 fully saturated rings. The highest BCUT2D eigenvalue weighted by atomic mass is 16.6. The quantitative estimate of drug-likeness (QED) is 0.561. The van der Waals surface area contributed by atoms with Crippen LogP contribution in [-0.2, 0) is 4.79 Å². The van der Waals surface area contributed by atoms with Gasteiger partial charge in [0.05, 0.1) is 18.1 Å². The van der Waals surface area contributed by atoms with Crippen molar-refractivity contribution in [1.82, 2.24) is 5.32 Å². The fourth-order valence-corrected chi connectivity index (χ4v) is 1.60. The third kappa shape index (κ3) is 4.75. The van der Waals surface area contributed by atoms with Gasteiger partial charge in [0, 0.05) is 19.5 Å². The van der Waals surface area contributed by atoms with Crippen molar-refractivity contribution >= 4 is 17.3 Å². The average Bonchev–Trinajstić information content (AvgIpc) is 2.45. The number of carbonyl (C=O) groups is 1. The molecule has 7 heteroatoms. The summed E-state index contributed by atoms with van der Waals surface area (Å²) in [6, 6.07) is 4.55. The number of ether oxygens (including phenoxy) is 1. The van der Waals surface area contributed by atoms with E-state index >= 15 is 0 Å². The summed E-state index contributed by atoms with van der Waals surface area (Å²) < 4.78 is 4.95. The molecule has 1 rings (SSSR count). The van der Waals surface area contributed by atoms with E-state index in [-0.39, 0.29) is 18.0 Å². The van der Waals surface area contributed by atoms with Crippen LogP contribution in [0.5, 0.6) is 5.75 Å². The summed E-state index contributed by atoms with van der Waals surface area (Å²) >= 11 is 0. The van der Waals surface area contributed by atoms with E-state index in [0.29, 0.717) is 24.5 Å². The van der Waals surface area contributed by atoms with Crippen LogP contribution < -0.4 is 15.4 Å². The van der Waals surface area contributed by atoms with E-state index in [4.69, 9.17) is 4.74 Å². The van der Waals surface area contributed by atoms with E-state index in [1.54, 1.807) is 12.1 Å². The van der Waals surface area contributed by atoms with Crippen molar-refractivity contribution in [2.75, 3.05) is 25.5 Å². The number of methoxy groups -OCH3 is 1. The van der Waals surface area contributed by atoms with Gasteiger partial charge in [0.25, 0.3) is 5.69 Å². The van der Waals surface area contributed by atoms with Crippen LogP contribution in [0.4, 0.5) is 11.4 Å². The molecule has 0 bridgehead atoms. The van der Waals surface area contributed by atoms with Crippen LogP contribution in [-0.4, -0.2) is 31.0 Å². The summed E-state index contributed by atoms with van der Waals surface area (Å²) in [4.78, 5) is 21.9. The Balaban J connectivity index is 2.59. The molecule has 1 aromatic carbocycles. The Labute approximate surface area is 117 Å². The van der Waals surface area contributed by atoms with Crippen LogP contribution in [0.1, 0.15) is 19.8 Å². The van der Waals surface area contributed by atoms with Crippen molar-refractivity contribution < 1.29 is 14.5 Å². The van der Waals surface area contributed by atoms with Crippen molar-refractivity contribution in [2.45, 2.75) is 19.8 Å².